The van der Waals surface area contributed by atoms with Crippen molar-refractivity contribution < 1.29 is 4.79 Å². The van der Waals surface area contributed by atoms with E-state index in [4.69, 9.17) is 5.73 Å². The maximum absolute atomic E-state index is 12.0. The van der Waals surface area contributed by atoms with E-state index >= 15 is 0 Å². The molecule has 2 rings (SSSR count). The van der Waals surface area contributed by atoms with Crippen molar-refractivity contribution in [3.8, 4) is 10.7 Å². The first-order chi connectivity index (χ1) is 10.4. The van der Waals surface area contributed by atoms with Crippen LogP contribution in [0.2, 0.25) is 0 Å². The Hall–Kier alpha value is -2.06. The van der Waals surface area contributed by atoms with Crippen LogP contribution in [0, 0.1) is 5.41 Å². The van der Waals surface area contributed by atoms with Crippen LogP contribution in [-0.4, -0.2) is 33.8 Å². The molecule has 2 amide bonds. The third-order valence-corrected chi connectivity index (χ3v) is 3.98. The largest absolute Gasteiger partial charge is 0.333 e. The Labute approximate surface area is 133 Å². The summed E-state index contributed by atoms with van der Waals surface area (Å²) in [6, 6.07) is 5.08. The number of anilines is 1. The number of amides is 2. The summed E-state index contributed by atoms with van der Waals surface area (Å²) in [7, 11) is 0. The van der Waals surface area contributed by atoms with Crippen molar-refractivity contribution in [1.82, 2.24) is 20.5 Å². The van der Waals surface area contributed by atoms with E-state index in [2.05, 4.69) is 25.8 Å². The van der Waals surface area contributed by atoms with Crippen LogP contribution < -0.4 is 16.4 Å². The molecule has 4 N–H and O–H groups in total. The zero-order valence-corrected chi connectivity index (χ0v) is 13.6. The smallest absolute Gasteiger partial charge is 0.321 e. The van der Waals surface area contributed by atoms with Gasteiger partial charge in [0.25, 0.3) is 0 Å². The Kier molecular flexibility index (Phi) is 5.04. The molecule has 118 valence electrons. The predicted molar refractivity (Wildman–Crippen MR) is 87.6 cm³/mol. The van der Waals surface area contributed by atoms with Crippen LogP contribution in [0.25, 0.3) is 10.7 Å². The molecule has 1 unspecified atom stereocenters. The fraction of sp³-hybridized carbons (Fsp3) is 0.429. The third-order valence-electron chi connectivity index (χ3n) is 3.12. The molecular weight excluding hydrogens is 300 g/mol. The minimum atomic E-state index is -0.339. The Balaban J connectivity index is 2.00. The number of rotatable bonds is 4. The average Bonchev–Trinajstić information content (AvgIpc) is 2.93. The molecule has 22 heavy (non-hydrogen) atoms. The van der Waals surface area contributed by atoms with Gasteiger partial charge in [-0.25, -0.2) is 4.79 Å². The van der Waals surface area contributed by atoms with Gasteiger partial charge in [-0.15, -0.1) is 10.2 Å². The first kappa shape index (κ1) is 16.3. The topological polar surface area (TPSA) is 106 Å². The molecule has 0 fully saturated rings. The summed E-state index contributed by atoms with van der Waals surface area (Å²) in [5.41, 5.74) is 6.31. The van der Waals surface area contributed by atoms with Gasteiger partial charge in [0.2, 0.25) is 5.13 Å². The van der Waals surface area contributed by atoms with E-state index in [0.29, 0.717) is 16.7 Å². The summed E-state index contributed by atoms with van der Waals surface area (Å²) in [6.07, 6.45) is 1.69. The van der Waals surface area contributed by atoms with Gasteiger partial charge in [-0.2, -0.15) is 0 Å². The van der Waals surface area contributed by atoms with Crippen LogP contribution in [0.3, 0.4) is 0 Å². The van der Waals surface area contributed by atoms with Crippen molar-refractivity contribution in [2.24, 2.45) is 11.1 Å². The number of urea groups is 1. The Bertz CT molecular complexity index is 622. The predicted octanol–water partition coefficient (Wildman–Crippen LogP) is 2.09. The third kappa shape index (κ3) is 4.22. The van der Waals surface area contributed by atoms with Gasteiger partial charge in [-0.1, -0.05) is 38.2 Å². The minimum Gasteiger partial charge on any atom is -0.333 e. The standard InChI is InChI=1S/C14H20N6OS/c1-14(2,3)10(8-15)17-12(21)18-13-20-19-11(22-13)9-6-4-5-7-16-9/h4-7,10H,8,15H2,1-3H3,(H2,17,18,20,21). The second kappa shape index (κ2) is 6.80. The van der Waals surface area contributed by atoms with E-state index < -0.39 is 0 Å². The highest BCUT2D eigenvalue weighted by molar-refractivity contribution is 7.18. The van der Waals surface area contributed by atoms with Crippen molar-refractivity contribution in [2.75, 3.05) is 11.9 Å². The number of nitrogens with one attached hydrogen (secondary N) is 2. The average molecular weight is 320 g/mol. The lowest BCUT2D eigenvalue weighted by molar-refractivity contribution is 0.230. The molecule has 1 atom stereocenters. The van der Waals surface area contributed by atoms with E-state index in [-0.39, 0.29) is 17.5 Å². The van der Waals surface area contributed by atoms with Gasteiger partial charge < -0.3 is 11.1 Å². The lowest BCUT2D eigenvalue weighted by atomic mass is 9.87. The number of pyridine rings is 1. The quantitative estimate of drug-likeness (QED) is 0.800. The first-order valence-electron chi connectivity index (χ1n) is 6.92. The number of carbonyl (C=O) groups is 1. The monoisotopic (exact) mass is 320 g/mol. The van der Waals surface area contributed by atoms with Gasteiger partial charge in [0, 0.05) is 18.8 Å². The fourth-order valence-corrected chi connectivity index (χ4v) is 2.50. The number of hydrogen-bond acceptors (Lipinski definition) is 6. The molecule has 8 heteroatoms. The minimum absolute atomic E-state index is 0.119. The molecule has 2 aromatic heterocycles. The summed E-state index contributed by atoms with van der Waals surface area (Å²) in [6.45, 7) is 6.44. The van der Waals surface area contributed by atoms with E-state index in [1.807, 2.05) is 39.0 Å². The lowest BCUT2D eigenvalue weighted by Gasteiger charge is -2.30. The number of carbonyl (C=O) groups excluding carboxylic acids is 1. The van der Waals surface area contributed by atoms with Crippen LogP contribution in [0.1, 0.15) is 20.8 Å². The van der Waals surface area contributed by atoms with E-state index in [0.717, 1.165) is 5.69 Å². The molecule has 0 aliphatic carbocycles. The Morgan fingerprint density at radius 3 is 2.73 bits per heavy atom. The van der Waals surface area contributed by atoms with Crippen LogP contribution in [-0.2, 0) is 0 Å². The zero-order chi connectivity index (χ0) is 16.2. The van der Waals surface area contributed by atoms with Gasteiger partial charge in [0.05, 0.1) is 0 Å². The molecular formula is C14H20N6OS. The Morgan fingerprint density at radius 2 is 2.14 bits per heavy atom. The summed E-state index contributed by atoms with van der Waals surface area (Å²) in [5.74, 6) is 0. The van der Waals surface area contributed by atoms with Gasteiger partial charge >= 0.3 is 6.03 Å². The van der Waals surface area contributed by atoms with Crippen molar-refractivity contribution in [2.45, 2.75) is 26.8 Å². The molecule has 2 aromatic rings. The van der Waals surface area contributed by atoms with Crippen LogP contribution in [0.4, 0.5) is 9.93 Å². The molecule has 0 aromatic carbocycles. The molecule has 7 nitrogen and oxygen atoms in total. The molecule has 0 aliphatic heterocycles. The first-order valence-corrected chi connectivity index (χ1v) is 7.74. The highest BCUT2D eigenvalue weighted by atomic mass is 32.1. The van der Waals surface area contributed by atoms with E-state index in [1.165, 1.54) is 11.3 Å². The molecule has 0 aliphatic rings. The second-order valence-electron chi connectivity index (χ2n) is 5.88. The SMILES string of the molecule is CC(C)(C)C(CN)NC(=O)Nc1nnc(-c2ccccn2)s1. The zero-order valence-electron chi connectivity index (χ0n) is 12.8. The van der Waals surface area contributed by atoms with Crippen molar-refractivity contribution in [1.29, 1.82) is 0 Å². The van der Waals surface area contributed by atoms with Crippen molar-refractivity contribution in [3.05, 3.63) is 24.4 Å². The normalized spacial score (nSPS) is 12.7. The Morgan fingerprint density at radius 1 is 1.36 bits per heavy atom. The van der Waals surface area contributed by atoms with Crippen LogP contribution in [0.15, 0.2) is 24.4 Å². The van der Waals surface area contributed by atoms with Gasteiger partial charge in [0.1, 0.15) is 5.69 Å². The second-order valence-corrected chi connectivity index (χ2v) is 6.86. The molecule has 2 heterocycles. The number of nitrogens with two attached hydrogens (primary N) is 1. The molecule has 0 spiro atoms. The lowest BCUT2D eigenvalue weighted by Crippen LogP contribution is -2.49. The molecule has 0 saturated heterocycles. The highest BCUT2D eigenvalue weighted by Crippen LogP contribution is 2.24. The highest BCUT2D eigenvalue weighted by Gasteiger charge is 2.25. The summed E-state index contributed by atoms with van der Waals surface area (Å²) in [5, 5.41) is 14.6. The van der Waals surface area contributed by atoms with E-state index in [9.17, 15) is 4.79 Å². The molecule has 0 saturated carbocycles. The summed E-state index contributed by atoms with van der Waals surface area (Å²) in [4.78, 5) is 16.2. The van der Waals surface area contributed by atoms with Gasteiger partial charge in [-0.3, -0.25) is 10.3 Å². The number of aromatic nitrogens is 3. The number of hydrogen-bond donors (Lipinski definition) is 3. The van der Waals surface area contributed by atoms with Crippen molar-refractivity contribution >= 4 is 22.5 Å². The van der Waals surface area contributed by atoms with Crippen LogP contribution >= 0.6 is 11.3 Å². The molecule has 0 bridgehead atoms. The van der Waals surface area contributed by atoms with Crippen LogP contribution in [0.5, 0.6) is 0 Å². The van der Waals surface area contributed by atoms with Gasteiger partial charge in [0.15, 0.2) is 5.01 Å². The number of nitrogens with zero attached hydrogens (tertiary/aromatic N) is 3. The van der Waals surface area contributed by atoms with Gasteiger partial charge in [-0.05, 0) is 17.5 Å². The van der Waals surface area contributed by atoms with E-state index in [1.54, 1.807) is 6.20 Å². The maximum atomic E-state index is 12.0. The fourth-order valence-electron chi connectivity index (χ4n) is 1.79. The molecule has 0 radical (unpaired) electrons. The van der Waals surface area contributed by atoms with Crippen molar-refractivity contribution in [3.63, 3.8) is 0 Å². The summed E-state index contributed by atoms with van der Waals surface area (Å²) < 4.78 is 0. The maximum Gasteiger partial charge on any atom is 0.321 e. The summed E-state index contributed by atoms with van der Waals surface area (Å²) >= 11 is 1.27.